The van der Waals surface area contributed by atoms with Gasteiger partial charge in [0.2, 0.25) is 5.28 Å². The van der Waals surface area contributed by atoms with E-state index in [9.17, 15) is 9.00 Å². The molecular formula is C11H15ClN4O3S. The lowest BCUT2D eigenvalue weighted by Crippen LogP contribution is -2.38. The second-order valence-corrected chi connectivity index (χ2v) is 6.88. The van der Waals surface area contributed by atoms with Gasteiger partial charge < -0.3 is 15.8 Å². The van der Waals surface area contributed by atoms with Crippen molar-refractivity contribution in [3.8, 4) is 0 Å². The molecule has 2 rings (SSSR count). The van der Waals surface area contributed by atoms with Crippen molar-refractivity contribution in [1.82, 2.24) is 9.97 Å². The fraction of sp³-hybridized carbons (Fsp3) is 0.545. The van der Waals surface area contributed by atoms with Crippen LogP contribution in [0.5, 0.6) is 0 Å². The van der Waals surface area contributed by atoms with Crippen molar-refractivity contribution in [2.45, 2.75) is 30.7 Å². The Morgan fingerprint density at radius 3 is 2.90 bits per heavy atom. The van der Waals surface area contributed by atoms with Crippen LogP contribution in [0.1, 0.15) is 19.5 Å². The van der Waals surface area contributed by atoms with E-state index in [1.807, 2.05) is 0 Å². The van der Waals surface area contributed by atoms with Crippen LogP contribution in [0, 0.1) is 0 Å². The molecule has 20 heavy (non-hydrogen) atoms. The predicted octanol–water partition coefficient (Wildman–Crippen LogP) is 1.08. The molecule has 0 aliphatic carbocycles. The zero-order chi connectivity index (χ0) is 14.9. The van der Waals surface area contributed by atoms with E-state index in [0.717, 1.165) is 0 Å². The van der Waals surface area contributed by atoms with Crippen molar-refractivity contribution in [3.05, 3.63) is 11.0 Å². The van der Waals surface area contributed by atoms with Gasteiger partial charge in [-0.2, -0.15) is 4.98 Å². The Labute approximate surface area is 123 Å². The second kappa shape index (κ2) is 5.53. The first-order valence-electron chi connectivity index (χ1n) is 5.94. The number of rotatable bonds is 4. The molecule has 3 N–H and O–H groups in total. The molecule has 1 aromatic heterocycles. The molecule has 0 saturated heterocycles. The van der Waals surface area contributed by atoms with E-state index in [2.05, 4.69) is 15.3 Å². The summed E-state index contributed by atoms with van der Waals surface area (Å²) in [6, 6.07) is 0. The lowest BCUT2D eigenvalue weighted by Gasteiger charge is -2.26. The molecule has 2 heterocycles. The van der Waals surface area contributed by atoms with Crippen molar-refractivity contribution < 1.29 is 13.7 Å². The van der Waals surface area contributed by atoms with Gasteiger partial charge in [0, 0.05) is 12.2 Å². The maximum absolute atomic E-state index is 12.0. The van der Waals surface area contributed by atoms with Gasteiger partial charge in [0.1, 0.15) is 17.3 Å². The van der Waals surface area contributed by atoms with E-state index in [-0.39, 0.29) is 11.9 Å². The van der Waals surface area contributed by atoms with Crippen LogP contribution in [0.4, 0.5) is 10.6 Å². The number of nitrogens with one attached hydrogen (secondary N) is 1. The lowest BCUT2D eigenvalue weighted by molar-refractivity contribution is 0.138. The summed E-state index contributed by atoms with van der Waals surface area (Å²) in [5.74, 6) is 0.922. The molecule has 0 bridgehead atoms. The number of hydrogen-bond acceptors (Lipinski definition) is 6. The van der Waals surface area contributed by atoms with Gasteiger partial charge in [0.05, 0.1) is 22.0 Å². The second-order valence-electron chi connectivity index (χ2n) is 5.03. The summed E-state index contributed by atoms with van der Waals surface area (Å²) in [5, 5.41) is 3.18. The number of carbonyl (C=O) groups excluding carboxylic acids is 1. The molecule has 0 spiro atoms. The van der Waals surface area contributed by atoms with E-state index in [4.69, 9.17) is 22.1 Å². The molecule has 0 saturated carbocycles. The number of ether oxygens (including phenoxy) is 1. The Morgan fingerprint density at radius 1 is 1.55 bits per heavy atom. The highest BCUT2D eigenvalue weighted by molar-refractivity contribution is 7.85. The van der Waals surface area contributed by atoms with Crippen molar-refractivity contribution in [2.24, 2.45) is 5.73 Å². The van der Waals surface area contributed by atoms with Crippen LogP contribution in [0.25, 0.3) is 0 Å². The Hall–Kier alpha value is -1.41. The Balaban J connectivity index is 2.25. The predicted molar refractivity (Wildman–Crippen MR) is 75.3 cm³/mol. The van der Waals surface area contributed by atoms with Crippen molar-refractivity contribution in [3.63, 3.8) is 0 Å². The minimum atomic E-state index is -1.14. The lowest BCUT2D eigenvalue weighted by atomic mass is 10.1. The molecule has 1 atom stereocenters. The van der Waals surface area contributed by atoms with Crippen molar-refractivity contribution in [1.29, 1.82) is 0 Å². The number of anilines is 1. The van der Waals surface area contributed by atoms with Gasteiger partial charge in [-0.05, 0) is 25.4 Å². The number of aromatic nitrogens is 2. The summed E-state index contributed by atoms with van der Waals surface area (Å²) in [6.45, 7) is 3.65. The molecule has 7 nitrogen and oxygen atoms in total. The molecule has 1 aromatic rings. The fourth-order valence-electron chi connectivity index (χ4n) is 1.86. The van der Waals surface area contributed by atoms with Crippen LogP contribution in [0.2, 0.25) is 5.28 Å². The van der Waals surface area contributed by atoms with Gasteiger partial charge in [0.15, 0.2) is 0 Å². The first-order valence-corrected chi connectivity index (χ1v) is 7.63. The molecule has 1 aliphatic rings. The largest absolute Gasteiger partial charge is 0.447 e. The maximum atomic E-state index is 12.0. The minimum Gasteiger partial charge on any atom is -0.447 e. The van der Waals surface area contributed by atoms with Crippen LogP contribution in [-0.4, -0.2) is 38.2 Å². The van der Waals surface area contributed by atoms with E-state index in [1.165, 1.54) is 0 Å². The molecule has 110 valence electrons. The van der Waals surface area contributed by atoms with Gasteiger partial charge in [-0.25, -0.2) is 9.78 Å². The van der Waals surface area contributed by atoms with Gasteiger partial charge in [0.25, 0.3) is 0 Å². The normalized spacial score (nSPS) is 17.6. The molecule has 0 unspecified atom stereocenters. The van der Waals surface area contributed by atoms with Gasteiger partial charge >= 0.3 is 6.09 Å². The van der Waals surface area contributed by atoms with Crippen LogP contribution in [-0.2, 0) is 22.0 Å². The molecule has 0 fully saturated rings. The number of nitrogens with zero attached hydrogens (tertiary/aromatic N) is 2. The van der Waals surface area contributed by atoms with Gasteiger partial charge in [-0.3, -0.25) is 4.21 Å². The Kier molecular flexibility index (Phi) is 4.14. The first-order chi connectivity index (χ1) is 9.28. The number of halogens is 1. The fourth-order valence-corrected chi connectivity index (χ4v) is 3.35. The number of nitrogens with two attached hydrogens (primary N) is 1. The van der Waals surface area contributed by atoms with E-state index in [1.54, 1.807) is 13.8 Å². The van der Waals surface area contributed by atoms with E-state index in [0.29, 0.717) is 28.6 Å². The smallest absolute Gasteiger partial charge is 0.404 e. The highest BCUT2D eigenvalue weighted by Crippen LogP contribution is 2.30. The van der Waals surface area contributed by atoms with Crippen molar-refractivity contribution in [2.75, 3.05) is 17.7 Å². The monoisotopic (exact) mass is 318 g/mol. The summed E-state index contributed by atoms with van der Waals surface area (Å²) in [5.41, 5.74) is 5.01. The summed E-state index contributed by atoms with van der Waals surface area (Å²) in [7, 11) is -1.14. The highest BCUT2D eigenvalue weighted by atomic mass is 35.5. The van der Waals surface area contributed by atoms with Gasteiger partial charge in [-0.1, -0.05) is 0 Å². The Bertz CT molecular complexity index is 579. The summed E-state index contributed by atoms with van der Waals surface area (Å²) in [4.78, 5) is 19.4. The minimum absolute atomic E-state index is 0.0470. The molecule has 1 amide bonds. The zero-order valence-corrected chi connectivity index (χ0v) is 12.7. The maximum Gasteiger partial charge on any atom is 0.404 e. The number of amides is 1. The van der Waals surface area contributed by atoms with Crippen LogP contribution >= 0.6 is 11.6 Å². The third-order valence-electron chi connectivity index (χ3n) is 2.69. The number of aryl methyl sites for hydroxylation is 1. The average Bonchev–Trinajstić information content (AvgIpc) is 2.68. The van der Waals surface area contributed by atoms with Crippen LogP contribution in [0.15, 0.2) is 4.90 Å². The zero-order valence-electron chi connectivity index (χ0n) is 11.1. The third kappa shape index (κ3) is 3.37. The van der Waals surface area contributed by atoms with E-state index >= 15 is 0 Å². The molecule has 1 aliphatic heterocycles. The van der Waals surface area contributed by atoms with Gasteiger partial charge in [-0.15, -0.1) is 0 Å². The number of hydrogen-bond donors (Lipinski definition) is 2. The first kappa shape index (κ1) is 15.0. The number of primary amides is 1. The highest BCUT2D eigenvalue weighted by Gasteiger charge is 2.29. The summed E-state index contributed by atoms with van der Waals surface area (Å²) < 4.78 is 16.8. The average molecular weight is 319 g/mol. The van der Waals surface area contributed by atoms with Crippen LogP contribution < -0.4 is 11.1 Å². The van der Waals surface area contributed by atoms with Crippen molar-refractivity contribution >= 4 is 34.3 Å². The topological polar surface area (TPSA) is 107 Å². The SMILES string of the molecule is CC(C)(COC(N)=O)Nc1nc(Cl)nc2c1[S@](=O)CC2. The third-order valence-corrected chi connectivity index (χ3v) is 4.32. The molecule has 0 aromatic carbocycles. The summed E-state index contributed by atoms with van der Waals surface area (Å²) >= 11 is 5.87. The standard InChI is InChI=1S/C11H15ClN4O3S/c1-11(2,5-19-10(13)17)16-8-7-6(3-4-20(7)18)14-9(12)15-8/h3-5H2,1-2H3,(H2,13,17)(H,14,15,16)/t20-/m1/s1. The number of fused-ring (bicyclic) bond motifs is 1. The van der Waals surface area contributed by atoms with E-state index < -0.39 is 22.4 Å². The van der Waals surface area contributed by atoms with Crippen LogP contribution in [0.3, 0.4) is 0 Å². The summed E-state index contributed by atoms with van der Waals surface area (Å²) in [6.07, 6.45) is -0.244. The number of carbonyl (C=O) groups is 1. The molecular weight excluding hydrogens is 304 g/mol. The quantitative estimate of drug-likeness (QED) is 0.804. The molecule has 0 radical (unpaired) electrons. The Morgan fingerprint density at radius 2 is 2.25 bits per heavy atom. The molecule has 9 heteroatoms.